The van der Waals surface area contributed by atoms with Crippen molar-refractivity contribution in [1.29, 1.82) is 0 Å². The quantitative estimate of drug-likeness (QED) is 0.787. The summed E-state index contributed by atoms with van der Waals surface area (Å²) in [5.74, 6) is -0.589. The minimum atomic E-state index is -4.48. The number of alkyl halides is 3. The van der Waals surface area contributed by atoms with Crippen molar-refractivity contribution >= 4 is 47.2 Å². The van der Waals surface area contributed by atoms with Gasteiger partial charge in [0.15, 0.2) is 5.13 Å². The molecule has 2 aromatic rings. The number of rotatable bonds is 2. The number of amides is 1. The highest BCUT2D eigenvalue weighted by Gasteiger charge is 2.31. The van der Waals surface area contributed by atoms with Crippen LogP contribution in [0.1, 0.15) is 33.0 Å². The zero-order valence-electron chi connectivity index (χ0n) is 12.7. The van der Waals surface area contributed by atoms with Gasteiger partial charge < -0.3 is 5.73 Å². The fourth-order valence-corrected chi connectivity index (χ4v) is 3.41. The van der Waals surface area contributed by atoms with Crippen LogP contribution in [0.15, 0.2) is 18.3 Å². The number of pyridine rings is 1. The number of thiazole rings is 1. The summed E-state index contributed by atoms with van der Waals surface area (Å²) in [6.45, 7) is 0. The maximum Gasteiger partial charge on any atom is 0.417 e. The van der Waals surface area contributed by atoms with Crippen molar-refractivity contribution in [3.8, 4) is 0 Å². The summed E-state index contributed by atoms with van der Waals surface area (Å²) in [7, 11) is 0. The SMILES string of the molecule is Cl.Cl.N[C@H]1CCc2nc(NC(=O)c3ccc(C(F)(F)F)cn3)sc2C1. The molecule has 3 rings (SSSR count). The molecule has 0 saturated carbocycles. The first-order valence-corrected chi connectivity index (χ1v) is 7.73. The smallest absolute Gasteiger partial charge is 0.327 e. The fourth-order valence-electron chi connectivity index (χ4n) is 2.31. The van der Waals surface area contributed by atoms with E-state index in [4.69, 9.17) is 5.73 Å². The van der Waals surface area contributed by atoms with Crippen LogP contribution >= 0.6 is 36.2 Å². The molecule has 2 aromatic heterocycles. The van der Waals surface area contributed by atoms with Crippen LogP contribution in [0.2, 0.25) is 0 Å². The number of halogens is 5. The molecule has 25 heavy (non-hydrogen) atoms. The third kappa shape index (κ3) is 5.04. The molecule has 0 unspecified atom stereocenters. The lowest BCUT2D eigenvalue weighted by atomic mass is 9.99. The van der Waals surface area contributed by atoms with E-state index in [2.05, 4.69) is 15.3 Å². The summed E-state index contributed by atoms with van der Waals surface area (Å²) in [5, 5.41) is 2.99. The molecule has 1 atom stereocenters. The van der Waals surface area contributed by atoms with Crippen molar-refractivity contribution in [2.45, 2.75) is 31.5 Å². The highest BCUT2D eigenvalue weighted by atomic mass is 35.5. The summed E-state index contributed by atoms with van der Waals surface area (Å²) in [6.07, 6.45) is -1.50. The minimum Gasteiger partial charge on any atom is -0.327 e. The average molecular weight is 415 g/mol. The first-order chi connectivity index (χ1) is 10.8. The molecule has 11 heteroatoms. The standard InChI is InChI=1S/C14H13F3N4OS.2ClH/c15-14(16,17)7-1-3-10(19-6-7)12(22)21-13-20-9-4-2-8(18)5-11(9)23-13;;/h1,3,6,8H,2,4-5,18H2,(H,20,21,22);2*1H/t8-;;/m0../s1. The van der Waals surface area contributed by atoms with Gasteiger partial charge in [0.05, 0.1) is 11.3 Å². The zero-order valence-corrected chi connectivity index (χ0v) is 15.1. The van der Waals surface area contributed by atoms with Crippen molar-refractivity contribution in [3.63, 3.8) is 0 Å². The second-order valence-electron chi connectivity index (χ2n) is 5.28. The molecular formula is C14H15Cl2F3N4OS. The molecule has 3 N–H and O–H groups in total. The van der Waals surface area contributed by atoms with Crippen LogP contribution < -0.4 is 11.1 Å². The third-order valence-electron chi connectivity index (χ3n) is 3.52. The maximum absolute atomic E-state index is 12.5. The summed E-state index contributed by atoms with van der Waals surface area (Å²) in [6, 6.07) is 1.97. The van der Waals surface area contributed by atoms with E-state index in [9.17, 15) is 18.0 Å². The van der Waals surface area contributed by atoms with Crippen LogP contribution in [-0.2, 0) is 19.0 Å². The lowest BCUT2D eigenvalue weighted by Crippen LogP contribution is -2.27. The number of carbonyl (C=O) groups excluding carboxylic acids is 1. The van der Waals surface area contributed by atoms with Gasteiger partial charge in [-0.3, -0.25) is 15.1 Å². The Morgan fingerprint density at radius 2 is 2.04 bits per heavy atom. The van der Waals surface area contributed by atoms with Crippen molar-refractivity contribution in [3.05, 3.63) is 40.2 Å². The van der Waals surface area contributed by atoms with E-state index >= 15 is 0 Å². The van der Waals surface area contributed by atoms with Gasteiger partial charge in [0.25, 0.3) is 5.91 Å². The normalized spacial score (nSPS) is 16.2. The van der Waals surface area contributed by atoms with E-state index in [0.717, 1.165) is 42.0 Å². The van der Waals surface area contributed by atoms with Crippen LogP contribution in [0.25, 0.3) is 0 Å². The number of hydrogen-bond acceptors (Lipinski definition) is 5. The monoisotopic (exact) mass is 414 g/mol. The van der Waals surface area contributed by atoms with Gasteiger partial charge in [0.1, 0.15) is 5.69 Å². The fraction of sp³-hybridized carbons (Fsp3) is 0.357. The van der Waals surface area contributed by atoms with Crippen LogP contribution in [-0.4, -0.2) is 21.9 Å². The molecule has 0 bridgehead atoms. The summed E-state index contributed by atoms with van der Waals surface area (Å²) >= 11 is 1.34. The predicted molar refractivity (Wildman–Crippen MR) is 93.8 cm³/mol. The van der Waals surface area contributed by atoms with Gasteiger partial charge in [-0.1, -0.05) is 0 Å². The third-order valence-corrected chi connectivity index (χ3v) is 4.56. The lowest BCUT2D eigenvalue weighted by Gasteiger charge is -2.15. The first-order valence-electron chi connectivity index (χ1n) is 6.91. The second kappa shape index (κ2) is 8.31. The van der Waals surface area contributed by atoms with E-state index in [1.54, 1.807) is 0 Å². The molecular weight excluding hydrogens is 400 g/mol. The van der Waals surface area contributed by atoms with Gasteiger partial charge in [0, 0.05) is 17.1 Å². The Hall–Kier alpha value is -1.42. The number of anilines is 1. The highest BCUT2D eigenvalue weighted by molar-refractivity contribution is 7.15. The summed E-state index contributed by atoms with van der Waals surface area (Å²) < 4.78 is 37.4. The highest BCUT2D eigenvalue weighted by Crippen LogP contribution is 2.30. The number of aryl methyl sites for hydroxylation is 1. The van der Waals surface area contributed by atoms with Crippen molar-refractivity contribution < 1.29 is 18.0 Å². The first kappa shape index (κ1) is 21.6. The van der Waals surface area contributed by atoms with E-state index in [-0.39, 0.29) is 36.5 Å². The molecule has 1 aliphatic rings. The van der Waals surface area contributed by atoms with Crippen molar-refractivity contribution in [2.75, 3.05) is 5.32 Å². The van der Waals surface area contributed by atoms with Crippen molar-refractivity contribution in [2.24, 2.45) is 5.73 Å². The molecule has 1 amide bonds. The average Bonchev–Trinajstić information content (AvgIpc) is 2.87. The molecule has 5 nitrogen and oxygen atoms in total. The lowest BCUT2D eigenvalue weighted by molar-refractivity contribution is -0.137. The molecule has 0 saturated heterocycles. The Morgan fingerprint density at radius 1 is 1.32 bits per heavy atom. The Morgan fingerprint density at radius 3 is 2.64 bits per heavy atom. The number of nitrogens with two attached hydrogens (primary N) is 1. The molecule has 0 aromatic carbocycles. The molecule has 1 aliphatic carbocycles. The van der Waals surface area contributed by atoms with Crippen molar-refractivity contribution in [1.82, 2.24) is 9.97 Å². The Kier molecular flexibility index (Phi) is 7.18. The van der Waals surface area contributed by atoms with Crippen LogP contribution in [0, 0.1) is 0 Å². The summed E-state index contributed by atoms with van der Waals surface area (Å²) in [4.78, 5) is 21.0. The van der Waals surface area contributed by atoms with Crippen LogP contribution in [0.4, 0.5) is 18.3 Å². The van der Waals surface area contributed by atoms with Crippen LogP contribution in [0.3, 0.4) is 0 Å². The van der Waals surface area contributed by atoms with Gasteiger partial charge in [-0.25, -0.2) is 4.98 Å². The van der Waals surface area contributed by atoms with Gasteiger partial charge in [-0.2, -0.15) is 13.2 Å². The zero-order chi connectivity index (χ0) is 16.6. The minimum absolute atomic E-state index is 0. The van der Waals surface area contributed by atoms with E-state index < -0.39 is 17.6 Å². The number of nitrogens with zero attached hydrogens (tertiary/aromatic N) is 2. The Bertz CT molecular complexity index is 737. The number of carbonyl (C=O) groups is 1. The Balaban J connectivity index is 0.00000156. The molecule has 0 fully saturated rings. The number of fused-ring (bicyclic) bond motifs is 1. The topological polar surface area (TPSA) is 80.9 Å². The molecule has 0 radical (unpaired) electrons. The van der Waals surface area contributed by atoms with Gasteiger partial charge >= 0.3 is 6.18 Å². The van der Waals surface area contributed by atoms with E-state index in [1.165, 1.54) is 11.3 Å². The number of aromatic nitrogens is 2. The number of hydrogen-bond donors (Lipinski definition) is 2. The van der Waals surface area contributed by atoms with E-state index in [1.807, 2.05) is 0 Å². The predicted octanol–water partition coefficient (Wildman–Crippen LogP) is 3.47. The van der Waals surface area contributed by atoms with Crippen LogP contribution in [0.5, 0.6) is 0 Å². The molecule has 2 heterocycles. The molecule has 0 spiro atoms. The Labute approximate surface area is 158 Å². The summed E-state index contributed by atoms with van der Waals surface area (Å²) in [5.41, 5.74) is 5.82. The second-order valence-corrected chi connectivity index (χ2v) is 6.36. The van der Waals surface area contributed by atoms with Gasteiger partial charge in [-0.15, -0.1) is 36.2 Å². The molecule has 0 aliphatic heterocycles. The van der Waals surface area contributed by atoms with E-state index in [0.29, 0.717) is 11.3 Å². The molecule has 138 valence electrons. The van der Waals surface area contributed by atoms with Gasteiger partial charge in [-0.05, 0) is 31.4 Å². The van der Waals surface area contributed by atoms with Gasteiger partial charge in [0.2, 0.25) is 0 Å². The number of nitrogens with one attached hydrogen (secondary N) is 1. The largest absolute Gasteiger partial charge is 0.417 e. The maximum atomic E-state index is 12.5.